The predicted molar refractivity (Wildman–Crippen MR) is 72.9 cm³/mol. The summed E-state index contributed by atoms with van der Waals surface area (Å²) in [6.45, 7) is -0.649. The normalized spacial score (nSPS) is 14.5. The highest BCUT2D eigenvalue weighted by Crippen LogP contribution is 2.31. The van der Waals surface area contributed by atoms with Gasteiger partial charge in [0.2, 0.25) is 13.8 Å². The van der Waals surface area contributed by atoms with Crippen molar-refractivity contribution in [2.75, 3.05) is 6.61 Å². The van der Waals surface area contributed by atoms with Crippen LogP contribution < -0.4 is 4.72 Å². The lowest BCUT2D eigenvalue weighted by Gasteiger charge is -2.23. The lowest BCUT2D eigenvalue weighted by molar-refractivity contribution is 0.258. The minimum atomic E-state index is -3.89. The molecule has 0 aromatic heterocycles. The Labute approximate surface area is 125 Å². The van der Waals surface area contributed by atoms with Gasteiger partial charge in [0.05, 0.1) is 17.5 Å². The Hall–Kier alpha value is 0.250. The smallest absolute Gasteiger partial charge is 0.241 e. The summed E-state index contributed by atoms with van der Waals surface area (Å²) in [5.74, 6) is 0. The molecule has 0 amide bonds. The van der Waals surface area contributed by atoms with Crippen molar-refractivity contribution in [1.82, 2.24) is 4.72 Å². The predicted octanol–water partition coefficient (Wildman–Crippen LogP) is 2.35. The summed E-state index contributed by atoms with van der Waals surface area (Å²) in [7, 11) is -3.89. The van der Waals surface area contributed by atoms with Crippen LogP contribution >= 0.6 is 46.4 Å². The zero-order valence-electron chi connectivity index (χ0n) is 8.78. The second-order valence-corrected chi connectivity index (χ2v) is 7.87. The van der Waals surface area contributed by atoms with E-state index < -0.39 is 26.5 Å². The van der Waals surface area contributed by atoms with E-state index in [4.69, 9.17) is 51.5 Å². The standard InChI is InChI=1S/C9H9Cl4NO3S/c10-6-1-3-7(4-2-6)18(16,17)14-8(5-15)9(11,12)13/h1-4,8,14-15H,5H2. The topological polar surface area (TPSA) is 66.4 Å². The molecule has 1 aromatic rings. The molecule has 1 aromatic carbocycles. The average molecular weight is 353 g/mol. The number of rotatable bonds is 4. The summed E-state index contributed by atoms with van der Waals surface area (Å²) < 4.78 is 24.0. The van der Waals surface area contributed by atoms with Crippen LogP contribution in [0.1, 0.15) is 0 Å². The van der Waals surface area contributed by atoms with Gasteiger partial charge >= 0.3 is 0 Å². The number of nitrogens with one attached hydrogen (secondary N) is 1. The van der Waals surface area contributed by atoms with E-state index in [1.807, 2.05) is 0 Å². The van der Waals surface area contributed by atoms with E-state index in [-0.39, 0.29) is 4.90 Å². The zero-order valence-corrected chi connectivity index (χ0v) is 12.6. The van der Waals surface area contributed by atoms with Crippen LogP contribution in [0.4, 0.5) is 0 Å². The first-order valence-electron chi connectivity index (χ1n) is 4.62. The number of alkyl halides is 3. The first-order valence-corrected chi connectivity index (χ1v) is 7.62. The quantitative estimate of drug-likeness (QED) is 0.817. The number of sulfonamides is 1. The Kier molecular flexibility index (Phi) is 5.56. The Morgan fingerprint density at radius 2 is 1.72 bits per heavy atom. The first-order chi connectivity index (χ1) is 8.16. The van der Waals surface area contributed by atoms with Crippen molar-refractivity contribution in [1.29, 1.82) is 0 Å². The number of benzene rings is 1. The Balaban J connectivity index is 2.98. The van der Waals surface area contributed by atoms with Crippen molar-refractivity contribution in [3.63, 3.8) is 0 Å². The van der Waals surface area contributed by atoms with Gasteiger partial charge in [0, 0.05) is 5.02 Å². The molecule has 4 nitrogen and oxygen atoms in total. The molecule has 2 N–H and O–H groups in total. The molecule has 1 rings (SSSR count). The molecule has 0 aliphatic carbocycles. The number of hydrogen-bond donors (Lipinski definition) is 2. The molecule has 1 atom stereocenters. The second kappa shape index (κ2) is 6.13. The molecular formula is C9H9Cl4NO3S. The van der Waals surface area contributed by atoms with Crippen molar-refractivity contribution in [3.05, 3.63) is 29.3 Å². The van der Waals surface area contributed by atoms with Gasteiger partial charge in [-0.2, -0.15) is 0 Å². The van der Waals surface area contributed by atoms with Crippen LogP contribution in [0.25, 0.3) is 0 Å². The van der Waals surface area contributed by atoms with Crippen LogP contribution in [0.3, 0.4) is 0 Å². The summed E-state index contributed by atoms with van der Waals surface area (Å²) in [5.41, 5.74) is 0. The third-order valence-corrected chi connectivity index (χ3v) is 4.53. The molecule has 9 heteroatoms. The molecule has 102 valence electrons. The van der Waals surface area contributed by atoms with Gasteiger partial charge < -0.3 is 5.11 Å². The fourth-order valence-corrected chi connectivity index (χ4v) is 3.02. The number of halogens is 4. The van der Waals surface area contributed by atoms with Gasteiger partial charge in [-0.15, -0.1) is 0 Å². The molecule has 0 radical (unpaired) electrons. The Morgan fingerprint density at radius 1 is 1.22 bits per heavy atom. The van der Waals surface area contributed by atoms with Crippen molar-refractivity contribution in [3.8, 4) is 0 Å². The zero-order chi connectivity index (χ0) is 14.0. The summed E-state index contributed by atoms with van der Waals surface area (Å²) in [5, 5.41) is 9.41. The van der Waals surface area contributed by atoms with E-state index in [2.05, 4.69) is 4.72 Å². The molecule has 0 fully saturated rings. The van der Waals surface area contributed by atoms with E-state index in [1.54, 1.807) is 0 Å². The number of aliphatic hydroxyl groups excluding tert-OH is 1. The maximum absolute atomic E-state index is 11.9. The minimum Gasteiger partial charge on any atom is -0.395 e. The molecule has 0 aliphatic heterocycles. The summed E-state index contributed by atoms with van der Waals surface area (Å²) >= 11 is 22.3. The largest absolute Gasteiger partial charge is 0.395 e. The molecule has 0 bridgehead atoms. The molecule has 0 saturated heterocycles. The fraction of sp³-hybridized carbons (Fsp3) is 0.333. The molecular weight excluding hydrogens is 344 g/mol. The van der Waals surface area contributed by atoms with Crippen LogP contribution in [0.15, 0.2) is 29.2 Å². The summed E-state index contributed by atoms with van der Waals surface area (Å²) in [6.07, 6.45) is 0. The first kappa shape index (κ1) is 16.3. The van der Waals surface area contributed by atoms with Crippen LogP contribution in [0.2, 0.25) is 5.02 Å². The average Bonchev–Trinajstić information content (AvgIpc) is 2.25. The third-order valence-electron chi connectivity index (χ3n) is 2.00. The van der Waals surface area contributed by atoms with Crippen molar-refractivity contribution in [2.24, 2.45) is 0 Å². The van der Waals surface area contributed by atoms with E-state index >= 15 is 0 Å². The highest BCUT2D eigenvalue weighted by Gasteiger charge is 2.35. The molecule has 0 aliphatic rings. The monoisotopic (exact) mass is 351 g/mol. The molecule has 1 unspecified atom stereocenters. The van der Waals surface area contributed by atoms with Crippen molar-refractivity contribution >= 4 is 56.4 Å². The Morgan fingerprint density at radius 3 is 2.11 bits per heavy atom. The van der Waals surface area contributed by atoms with E-state index in [0.29, 0.717) is 5.02 Å². The lowest BCUT2D eigenvalue weighted by Crippen LogP contribution is -2.46. The summed E-state index contributed by atoms with van der Waals surface area (Å²) in [6, 6.07) is 4.19. The van der Waals surface area contributed by atoms with E-state index in [1.165, 1.54) is 24.3 Å². The van der Waals surface area contributed by atoms with Gasteiger partial charge in [0.1, 0.15) is 0 Å². The molecule has 0 spiro atoms. The highest BCUT2D eigenvalue weighted by atomic mass is 35.6. The fourth-order valence-electron chi connectivity index (χ4n) is 1.08. The lowest BCUT2D eigenvalue weighted by atomic mass is 10.4. The third kappa shape index (κ3) is 4.42. The van der Waals surface area contributed by atoms with Gasteiger partial charge in [-0.05, 0) is 24.3 Å². The van der Waals surface area contributed by atoms with Crippen LogP contribution in [-0.2, 0) is 10.0 Å². The van der Waals surface area contributed by atoms with Gasteiger partial charge in [-0.3, -0.25) is 0 Å². The van der Waals surface area contributed by atoms with Crippen molar-refractivity contribution in [2.45, 2.75) is 14.7 Å². The molecule has 18 heavy (non-hydrogen) atoms. The van der Waals surface area contributed by atoms with Gasteiger partial charge in [-0.1, -0.05) is 46.4 Å². The van der Waals surface area contributed by atoms with Crippen LogP contribution in [-0.4, -0.2) is 30.0 Å². The number of hydrogen-bond acceptors (Lipinski definition) is 3. The van der Waals surface area contributed by atoms with Gasteiger partial charge in [0.15, 0.2) is 0 Å². The SMILES string of the molecule is O=S(=O)(NC(CO)C(Cl)(Cl)Cl)c1ccc(Cl)cc1. The molecule has 0 saturated carbocycles. The molecule has 0 heterocycles. The van der Waals surface area contributed by atoms with E-state index in [9.17, 15) is 8.42 Å². The van der Waals surface area contributed by atoms with Gasteiger partial charge in [0.25, 0.3) is 0 Å². The maximum atomic E-state index is 11.9. The maximum Gasteiger partial charge on any atom is 0.241 e. The van der Waals surface area contributed by atoms with Gasteiger partial charge in [-0.25, -0.2) is 13.1 Å². The van der Waals surface area contributed by atoms with Crippen LogP contribution in [0.5, 0.6) is 0 Å². The van der Waals surface area contributed by atoms with Crippen LogP contribution in [0, 0.1) is 0 Å². The number of aliphatic hydroxyl groups is 1. The Bertz CT molecular complexity index is 498. The highest BCUT2D eigenvalue weighted by molar-refractivity contribution is 7.89. The second-order valence-electron chi connectivity index (χ2n) is 3.35. The summed E-state index contributed by atoms with van der Waals surface area (Å²) in [4.78, 5) is -0.0420. The minimum absolute atomic E-state index is 0.0420. The van der Waals surface area contributed by atoms with E-state index in [0.717, 1.165) is 0 Å². The van der Waals surface area contributed by atoms with Crippen molar-refractivity contribution < 1.29 is 13.5 Å².